The quantitative estimate of drug-likeness (QED) is 0.556. The summed E-state index contributed by atoms with van der Waals surface area (Å²) >= 11 is 0. The Morgan fingerprint density at radius 1 is 1.03 bits per heavy atom. The molecule has 4 rings (SSSR count). The van der Waals surface area contributed by atoms with E-state index in [2.05, 4.69) is 34.5 Å². The number of piperidine rings is 1. The van der Waals surface area contributed by atoms with Gasteiger partial charge in [-0.15, -0.1) is 0 Å². The Balaban J connectivity index is 1.21. The van der Waals surface area contributed by atoms with Gasteiger partial charge in [0.05, 0.1) is 11.9 Å². The summed E-state index contributed by atoms with van der Waals surface area (Å²) in [6.07, 6.45) is 2.28. The van der Waals surface area contributed by atoms with Crippen molar-refractivity contribution in [1.82, 2.24) is 25.3 Å². The number of amides is 2. The summed E-state index contributed by atoms with van der Waals surface area (Å²) in [6, 6.07) is 18.1. The molecule has 0 radical (unpaired) electrons. The Labute approximate surface area is 195 Å². The van der Waals surface area contributed by atoms with E-state index in [9.17, 15) is 9.59 Å². The molecule has 0 saturated carbocycles. The summed E-state index contributed by atoms with van der Waals surface area (Å²) in [5.74, 6) is -0.0476. The van der Waals surface area contributed by atoms with Crippen LogP contribution in [0, 0.1) is 0 Å². The molecule has 7 nitrogen and oxygen atoms in total. The lowest BCUT2D eigenvalue weighted by atomic mass is 10.0. The lowest BCUT2D eigenvalue weighted by molar-refractivity contribution is -0.121. The van der Waals surface area contributed by atoms with E-state index in [1.165, 1.54) is 0 Å². The Morgan fingerprint density at radius 3 is 2.45 bits per heavy atom. The van der Waals surface area contributed by atoms with Gasteiger partial charge < -0.3 is 15.5 Å². The van der Waals surface area contributed by atoms with Gasteiger partial charge in [0, 0.05) is 43.6 Å². The monoisotopic (exact) mass is 447 g/mol. The van der Waals surface area contributed by atoms with Crippen LogP contribution in [-0.4, -0.2) is 58.7 Å². The molecule has 2 aromatic carbocycles. The van der Waals surface area contributed by atoms with Gasteiger partial charge in [-0.25, -0.2) is 0 Å². The minimum atomic E-state index is -0.131. The number of aromatic nitrogens is 2. The molecule has 0 unspecified atom stereocenters. The number of hydrogen-bond donors (Lipinski definition) is 2. The van der Waals surface area contributed by atoms with Crippen LogP contribution in [0.5, 0.6) is 0 Å². The maximum absolute atomic E-state index is 12.8. The molecule has 2 N–H and O–H groups in total. The first-order chi connectivity index (χ1) is 16.0. The van der Waals surface area contributed by atoms with Crippen molar-refractivity contribution in [3.05, 3.63) is 65.9 Å². The number of hydrogen-bond acceptors (Lipinski definition) is 4. The van der Waals surface area contributed by atoms with Gasteiger partial charge in [-0.2, -0.15) is 5.10 Å². The SMILES string of the molecule is CC(C)n1nc(C(=O)NCCN2CCC(NC(=O)Cc3ccccc3)CC2)c2ccccc21. The number of carbonyl (C=O) groups is 2. The van der Waals surface area contributed by atoms with Crippen molar-refractivity contribution in [1.29, 1.82) is 0 Å². The summed E-state index contributed by atoms with van der Waals surface area (Å²) in [4.78, 5) is 27.4. The van der Waals surface area contributed by atoms with Gasteiger partial charge in [0.2, 0.25) is 5.91 Å². The van der Waals surface area contributed by atoms with Crippen LogP contribution in [0.2, 0.25) is 0 Å². The van der Waals surface area contributed by atoms with Crippen molar-refractivity contribution in [3.8, 4) is 0 Å². The normalized spacial score (nSPS) is 15.1. The molecule has 1 saturated heterocycles. The second-order valence-corrected chi connectivity index (χ2v) is 9.01. The summed E-state index contributed by atoms with van der Waals surface area (Å²) in [5.41, 5.74) is 2.50. The third-order valence-electron chi connectivity index (χ3n) is 6.19. The zero-order valence-corrected chi connectivity index (χ0v) is 19.5. The molecule has 7 heteroatoms. The Morgan fingerprint density at radius 2 is 1.73 bits per heavy atom. The predicted molar refractivity (Wildman–Crippen MR) is 130 cm³/mol. The largest absolute Gasteiger partial charge is 0.353 e. The molecule has 2 amide bonds. The molecule has 1 aliphatic rings. The third kappa shape index (κ3) is 5.79. The standard InChI is InChI=1S/C26H33N5O2/c1-19(2)31-23-11-7-6-10-22(23)25(29-31)26(33)27-14-17-30-15-12-21(13-16-30)28-24(32)18-20-8-4-3-5-9-20/h3-11,19,21H,12-18H2,1-2H3,(H,27,33)(H,28,32). The fourth-order valence-corrected chi connectivity index (χ4v) is 4.42. The van der Waals surface area contributed by atoms with Crippen LogP contribution < -0.4 is 10.6 Å². The summed E-state index contributed by atoms with van der Waals surface area (Å²) in [5, 5.41) is 11.7. The lowest BCUT2D eigenvalue weighted by Crippen LogP contribution is -2.46. The zero-order chi connectivity index (χ0) is 23.2. The van der Waals surface area contributed by atoms with Gasteiger partial charge in [-0.05, 0) is 38.3 Å². The van der Waals surface area contributed by atoms with Crippen molar-refractivity contribution < 1.29 is 9.59 Å². The molecular formula is C26H33N5O2. The second kappa shape index (κ2) is 10.6. The van der Waals surface area contributed by atoms with Crippen molar-refractivity contribution >= 4 is 22.7 Å². The first-order valence-corrected chi connectivity index (χ1v) is 11.8. The minimum absolute atomic E-state index is 0.0833. The highest BCUT2D eigenvalue weighted by Crippen LogP contribution is 2.21. The fourth-order valence-electron chi connectivity index (χ4n) is 4.42. The van der Waals surface area contributed by atoms with Crippen molar-refractivity contribution in [2.45, 2.75) is 45.2 Å². The average molecular weight is 448 g/mol. The molecule has 3 aromatic rings. The van der Waals surface area contributed by atoms with Crippen LogP contribution in [0.3, 0.4) is 0 Å². The van der Waals surface area contributed by atoms with Crippen LogP contribution in [0.15, 0.2) is 54.6 Å². The number of fused-ring (bicyclic) bond motifs is 1. The topological polar surface area (TPSA) is 79.3 Å². The van der Waals surface area contributed by atoms with E-state index in [-0.39, 0.29) is 23.9 Å². The zero-order valence-electron chi connectivity index (χ0n) is 19.5. The first-order valence-electron chi connectivity index (χ1n) is 11.8. The van der Waals surface area contributed by atoms with Crippen LogP contribution >= 0.6 is 0 Å². The van der Waals surface area contributed by atoms with E-state index in [1.54, 1.807) is 0 Å². The molecule has 1 aliphatic heterocycles. The first kappa shape index (κ1) is 23.0. The Kier molecular flexibility index (Phi) is 7.40. The second-order valence-electron chi connectivity index (χ2n) is 9.01. The molecule has 33 heavy (non-hydrogen) atoms. The van der Waals surface area contributed by atoms with Gasteiger partial charge in [-0.3, -0.25) is 14.3 Å². The lowest BCUT2D eigenvalue weighted by Gasteiger charge is -2.32. The van der Waals surface area contributed by atoms with E-state index < -0.39 is 0 Å². The molecular weight excluding hydrogens is 414 g/mol. The van der Waals surface area contributed by atoms with Crippen LogP contribution in [-0.2, 0) is 11.2 Å². The number of para-hydroxylation sites is 1. The maximum Gasteiger partial charge on any atom is 0.272 e. The van der Waals surface area contributed by atoms with Gasteiger partial charge >= 0.3 is 0 Å². The number of carbonyl (C=O) groups excluding carboxylic acids is 2. The molecule has 174 valence electrons. The van der Waals surface area contributed by atoms with Crippen LogP contribution in [0.25, 0.3) is 10.9 Å². The van der Waals surface area contributed by atoms with Crippen LogP contribution in [0.1, 0.15) is 48.8 Å². The minimum Gasteiger partial charge on any atom is -0.353 e. The summed E-state index contributed by atoms with van der Waals surface area (Å²) < 4.78 is 1.90. The fraction of sp³-hybridized carbons (Fsp3) is 0.423. The summed E-state index contributed by atoms with van der Waals surface area (Å²) in [6.45, 7) is 7.32. The van der Waals surface area contributed by atoms with Gasteiger partial charge in [0.1, 0.15) is 0 Å². The highest BCUT2D eigenvalue weighted by atomic mass is 16.2. The Hall–Kier alpha value is -3.19. The number of benzene rings is 2. The smallest absolute Gasteiger partial charge is 0.272 e. The highest BCUT2D eigenvalue weighted by molar-refractivity contribution is 6.04. The molecule has 0 aliphatic carbocycles. The van der Waals surface area contributed by atoms with Gasteiger partial charge in [0.25, 0.3) is 5.91 Å². The van der Waals surface area contributed by atoms with Crippen molar-refractivity contribution in [2.24, 2.45) is 0 Å². The number of rotatable bonds is 8. The van der Waals surface area contributed by atoms with Crippen molar-refractivity contribution in [3.63, 3.8) is 0 Å². The molecule has 0 spiro atoms. The van der Waals surface area contributed by atoms with E-state index >= 15 is 0 Å². The average Bonchev–Trinajstić information content (AvgIpc) is 3.21. The number of nitrogens with one attached hydrogen (secondary N) is 2. The van der Waals surface area contributed by atoms with Crippen molar-refractivity contribution in [2.75, 3.05) is 26.2 Å². The van der Waals surface area contributed by atoms with E-state index in [1.807, 2.05) is 59.3 Å². The predicted octanol–water partition coefficient (Wildman–Crippen LogP) is 3.17. The third-order valence-corrected chi connectivity index (χ3v) is 6.19. The highest BCUT2D eigenvalue weighted by Gasteiger charge is 2.22. The molecule has 0 atom stereocenters. The molecule has 0 bridgehead atoms. The Bertz CT molecular complexity index is 1080. The van der Waals surface area contributed by atoms with E-state index in [0.29, 0.717) is 18.7 Å². The van der Waals surface area contributed by atoms with Crippen LogP contribution in [0.4, 0.5) is 0 Å². The molecule has 2 heterocycles. The number of nitrogens with zero attached hydrogens (tertiary/aromatic N) is 3. The molecule has 1 aromatic heterocycles. The van der Waals surface area contributed by atoms with Gasteiger partial charge in [-0.1, -0.05) is 48.5 Å². The summed E-state index contributed by atoms with van der Waals surface area (Å²) in [7, 11) is 0. The maximum atomic E-state index is 12.8. The van der Waals surface area contributed by atoms with E-state index in [4.69, 9.17) is 0 Å². The number of likely N-dealkylation sites (tertiary alicyclic amines) is 1. The van der Waals surface area contributed by atoms with E-state index in [0.717, 1.165) is 48.9 Å². The molecule has 1 fully saturated rings. The van der Waals surface area contributed by atoms with Gasteiger partial charge in [0.15, 0.2) is 5.69 Å².